The average Bonchev–Trinajstić information content (AvgIpc) is 2.93. The maximum absolute atomic E-state index is 11.9. The van der Waals surface area contributed by atoms with Gasteiger partial charge in [0.15, 0.2) is 0 Å². The first-order valence-corrected chi connectivity index (χ1v) is 7.03. The maximum atomic E-state index is 11.9. The number of ether oxygens (including phenoxy) is 1. The van der Waals surface area contributed by atoms with Gasteiger partial charge in [-0.2, -0.15) is 0 Å². The number of carbonyl (C=O) groups is 1. The van der Waals surface area contributed by atoms with Crippen LogP contribution in [0.3, 0.4) is 0 Å². The molecular weight excluding hydrogens is 254 g/mol. The van der Waals surface area contributed by atoms with Crippen molar-refractivity contribution in [2.75, 3.05) is 33.3 Å². The molecule has 5 nitrogen and oxygen atoms in total. The van der Waals surface area contributed by atoms with Crippen molar-refractivity contribution < 1.29 is 9.53 Å². The second-order valence-corrected chi connectivity index (χ2v) is 5.25. The van der Waals surface area contributed by atoms with E-state index in [-0.39, 0.29) is 5.91 Å². The highest BCUT2D eigenvalue weighted by Crippen LogP contribution is 2.14. The second kappa shape index (κ2) is 7.26. The van der Waals surface area contributed by atoms with Crippen molar-refractivity contribution in [3.8, 4) is 5.75 Å². The normalized spacial score (nSPS) is 19.0. The highest BCUT2D eigenvalue weighted by Gasteiger charge is 2.22. The first kappa shape index (κ1) is 14.8. The molecule has 1 aliphatic rings. The van der Waals surface area contributed by atoms with Crippen LogP contribution in [-0.2, 0) is 11.3 Å². The first-order chi connectivity index (χ1) is 9.71. The van der Waals surface area contributed by atoms with Crippen LogP contribution >= 0.6 is 0 Å². The molecule has 1 heterocycles. The Morgan fingerprint density at radius 3 is 3.10 bits per heavy atom. The van der Waals surface area contributed by atoms with Crippen LogP contribution < -0.4 is 15.8 Å². The lowest BCUT2D eigenvalue weighted by Crippen LogP contribution is -2.36. The van der Waals surface area contributed by atoms with E-state index in [4.69, 9.17) is 10.5 Å². The van der Waals surface area contributed by atoms with Crippen LogP contribution in [0.4, 0.5) is 0 Å². The SMILES string of the molecule is COc1cccc(CNC(=O)CN2CCC(CN)C2)c1. The third-order valence-electron chi connectivity index (χ3n) is 3.69. The van der Waals surface area contributed by atoms with Gasteiger partial charge in [0.2, 0.25) is 5.91 Å². The molecule has 1 unspecified atom stereocenters. The number of nitrogens with zero attached hydrogens (tertiary/aromatic N) is 1. The summed E-state index contributed by atoms with van der Waals surface area (Å²) in [5.41, 5.74) is 6.69. The number of rotatable bonds is 6. The fourth-order valence-electron chi connectivity index (χ4n) is 2.49. The smallest absolute Gasteiger partial charge is 0.234 e. The van der Waals surface area contributed by atoms with Crippen molar-refractivity contribution in [3.05, 3.63) is 29.8 Å². The summed E-state index contributed by atoms with van der Waals surface area (Å²) in [4.78, 5) is 14.1. The Morgan fingerprint density at radius 2 is 2.40 bits per heavy atom. The third-order valence-corrected chi connectivity index (χ3v) is 3.69. The third kappa shape index (κ3) is 4.21. The number of nitrogens with two attached hydrogens (primary N) is 1. The van der Waals surface area contributed by atoms with Gasteiger partial charge in [0.05, 0.1) is 13.7 Å². The number of hydrogen-bond acceptors (Lipinski definition) is 4. The molecular formula is C15H23N3O2. The molecule has 1 aromatic carbocycles. The Balaban J connectivity index is 1.75. The van der Waals surface area contributed by atoms with Gasteiger partial charge >= 0.3 is 0 Å². The minimum Gasteiger partial charge on any atom is -0.497 e. The molecule has 0 saturated carbocycles. The molecule has 1 aromatic rings. The zero-order valence-corrected chi connectivity index (χ0v) is 12.0. The number of methoxy groups -OCH3 is 1. The summed E-state index contributed by atoms with van der Waals surface area (Å²) in [5, 5.41) is 2.94. The maximum Gasteiger partial charge on any atom is 0.234 e. The molecule has 1 amide bonds. The number of hydrogen-bond donors (Lipinski definition) is 2. The largest absolute Gasteiger partial charge is 0.497 e. The minimum atomic E-state index is 0.0606. The van der Waals surface area contributed by atoms with Gasteiger partial charge in [-0.25, -0.2) is 0 Å². The summed E-state index contributed by atoms with van der Waals surface area (Å²) in [6.45, 7) is 3.60. The van der Waals surface area contributed by atoms with Gasteiger partial charge < -0.3 is 15.8 Å². The summed E-state index contributed by atoms with van der Waals surface area (Å²) >= 11 is 0. The highest BCUT2D eigenvalue weighted by molar-refractivity contribution is 5.78. The Hall–Kier alpha value is -1.59. The van der Waals surface area contributed by atoms with E-state index in [1.165, 1.54) is 0 Å². The molecule has 20 heavy (non-hydrogen) atoms. The lowest BCUT2D eigenvalue weighted by Gasteiger charge is -2.15. The molecule has 3 N–H and O–H groups in total. The number of amides is 1. The van der Waals surface area contributed by atoms with E-state index >= 15 is 0 Å². The van der Waals surface area contributed by atoms with Crippen LogP contribution in [-0.4, -0.2) is 44.1 Å². The first-order valence-electron chi connectivity index (χ1n) is 7.03. The molecule has 2 rings (SSSR count). The van der Waals surface area contributed by atoms with Crippen molar-refractivity contribution in [3.63, 3.8) is 0 Å². The predicted octanol–water partition coefficient (Wildman–Crippen LogP) is 0.592. The van der Waals surface area contributed by atoms with E-state index in [0.29, 0.717) is 25.6 Å². The minimum absolute atomic E-state index is 0.0606. The summed E-state index contributed by atoms with van der Waals surface area (Å²) < 4.78 is 5.16. The number of carbonyl (C=O) groups excluding carboxylic acids is 1. The predicted molar refractivity (Wildman–Crippen MR) is 78.4 cm³/mol. The van der Waals surface area contributed by atoms with Gasteiger partial charge in [-0.05, 0) is 43.1 Å². The Labute approximate surface area is 120 Å². The number of benzene rings is 1. The van der Waals surface area contributed by atoms with E-state index < -0.39 is 0 Å². The number of likely N-dealkylation sites (tertiary alicyclic amines) is 1. The Morgan fingerprint density at radius 1 is 1.55 bits per heavy atom. The lowest BCUT2D eigenvalue weighted by molar-refractivity contribution is -0.122. The van der Waals surface area contributed by atoms with E-state index in [2.05, 4.69) is 10.2 Å². The van der Waals surface area contributed by atoms with Gasteiger partial charge in [0, 0.05) is 13.1 Å². The van der Waals surface area contributed by atoms with Crippen LogP contribution in [0.1, 0.15) is 12.0 Å². The van der Waals surface area contributed by atoms with E-state index in [9.17, 15) is 4.79 Å². The molecule has 1 saturated heterocycles. The zero-order chi connectivity index (χ0) is 14.4. The quantitative estimate of drug-likeness (QED) is 0.799. The van der Waals surface area contributed by atoms with E-state index in [0.717, 1.165) is 30.8 Å². The average molecular weight is 277 g/mol. The van der Waals surface area contributed by atoms with Crippen molar-refractivity contribution in [1.29, 1.82) is 0 Å². The van der Waals surface area contributed by atoms with Crippen molar-refractivity contribution >= 4 is 5.91 Å². The fraction of sp³-hybridized carbons (Fsp3) is 0.533. The van der Waals surface area contributed by atoms with E-state index in [1.54, 1.807) is 7.11 Å². The van der Waals surface area contributed by atoms with Crippen LogP contribution in [0.2, 0.25) is 0 Å². The second-order valence-electron chi connectivity index (χ2n) is 5.25. The Kier molecular flexibility index (Phi) is 5.38. The standard InChI is InChI=1S/C15H23N3O2/c1-20-14-4-2-3-12(7-14)9-17-15(19)11-18-6-5-13(8-16)10-18/h2-4,7,13H,5-6,8-11,16H2,1H3,(H,17,19). The van der Waals surface area contributed by atoms with Crippen LogP contribution in [0, 0.1) is 5.92 Å². The summed E-state index contributed by atoms with van der Waals surface area (Å²) in [6, 6.07) is 7.72. The molecule has 5 heteroatoms. The van der Waals surface area contributed by atoms with Crippen LogP contribution in [0.5, 0.6) is 5.75 Å². The van der Waals surface area contributed by atoms with Gasteiger partial charge in [-0.15, -0.1) is 0 Å². The molecule has 0 spiro atoms. The fourth-order valence-corrected chi connectivity index (χ4v) is 2.49. The number of nitrogens with one attached hydrogen (secondary N) is 1. The van der Waals surface area contributed by atoms with Crippen LogP contribution in [0.15, 0.2) is 24.3 Å². The van der Waals surface area contributed by atoms with Gasteiger partial charge in [0.25, 0.3) is 0 Å². The van der Waals surface area contributed by atoms with Crippen molar-refractivity contribution in [1.82, 2.24) is 10.2 Å². The lowest BCUT2D eigenvalue weighted by atomic mass is 10.1. The molecule has 0 bridgehead atoms. The molecule has 1 aliphatic heterocycles. The van der Waals surface area contributed by atoms with Crippen molar-refractivity contribution in [2.45, 2.75) is 13.0 Å². The topological polar surface area (TPSA) is 67.6 Å². The zero-order valence-electron chi connectivity index (χ0n) is 12.0. The van der Waals surface area contributed by atoms with Gasteiger partial charge in [-0.1, -0.05) is 12.1 Å². The molecule has 110 valence electrons. The molecule has 0 radical (unpaired) electrons. The molecule has 0 aromatic heterocycles. The molecule has 1 fully saturated rings. The van der Waals surface area contributed by atoms with Gasteiger partial charge in [0.1, 0.15) is 5.75 Å². The van der Waals surface area contributed by atoms with Gasteiger partial charge in [-0.3, -0.25) is 9.69 Å². The summed E-state index contributed by atoms with van der Waals surface area (Å²) in [7, 11) is 1.64. The summed E-state index contributed by atoms with van der Waals surface area (Å²) in [6.07, 6.45) is 1.10. The Bertz CT molecular complexity index is 450. The summed E-state index contributed by atoms with van der Waals surface area (Å²) in [5.74, 6) is 1.41. The van der Waals surface area contributed by atoms with E-state index in [1.807, 2.05) is 24.3 Å². The van der Waals surface area contributed by atoms with Crippen molar-refractivity contribution in [2.24, 2.45) is 11.7 Å². The molecule has 0 aliphatic carbocycles. The monoisotopic (exact) mass is 277 g/mol. The van der Waals surface area contributed by atoms with Crippen LogP contribution in [0.25, 0.3) is 0 Å². The molecule has 1 atom stereocenters. The highest BCUT2D eigenvalue weighted by atomic mass is 16.5.